The van der Waals surface area contributed by atoms with E-state index in [1.54, 1.807) is 0 Å². The van der Waals surface area contributed by atoms with Gasteiger partial charge in [-0.2, -0.15) is 0 Å². The van der Waals surface area contributed by atoms with Crippen molar-refractivity contribution in [1.82, 2.24) is 0 Å². The number of cyclic esters (lactones) is 1. The highest BCUT2D eigenvalue weighted by atomic mass is 35.5. The molecule has 0 aliphatic carbocycles. The molecule has 0 fully saturated rings. The Balaban J connectivity index is 2.58. The van der Waals surface area contributed by atoms with Gasteiger partial charge in [0, 0.05) is 4.75 Å². The fraction of sp³-hybridized carbons (Fsp3) is 0.600. The third kappa shape index (κ3) is 3.68. The standard InChI is InChI=1S/C10H12Cl2O3S/c1-10(2,3)16-6(13)4-5-7(11)8(12)9(14)15-5/h5H,4H2,1-3H3/t5-/m1/s1. The highest BCUT2D eigenvalue weighted by molar-refractivity contribution is 8.14. The van der Waals surface area contributed by atoms with Crippen LogP contribution in [0.5, 0.6) is 0 Å². The fourth-order valence-electron chi connectivity index (χ4n) is 1.14. The SMILES string of the molecule is CC(C)(C)SC(=O)C[C@H]1OC(=O)C(Cl)=C1Cl. The van der Waals surface area contributed by atoms with Crippen molar-refractivity contribution in [1.29, 1.82) is 0 Å². The van der Waals surface area contributed by atoms with E-state index in [2.05, 4.69) is 0 Å². The second-order valence-corrected chi connectivity index (χ2v) is 7.02. The van der Waals surface area contributed by atoms with Crippen LogP contribution < -0.4 is 0 Å². The molecule has 1 rings (SSSR count). The lowest BCUT2D eigenvalue weighted by atomic mass is 10.2. The Labute approximate surface area is 108 Å². The van der Waals surface area contributed by atoms with Crippen LogP contribution in [0.25, 0.3) is 0 Å². The van der Waals surface area contributed by atoms with Crippen LogP contribution in [0.1, 0.15) is 27.2 Å². The molecule has 0 aromatic carbocycles. The molecule has 3 nitrogen and oxygen atoms in total. The van der Waals surface area contributed by atoms with E-state index in [4.69, 9.17) is 27.9 Å². The van der Waals surface area contributed by atoms with E-state index >= 15 is 0 Å². The first-order valence-corrected chi connectivity index (χ1v) is 6.26. The Bertz CT molecular complexity index is 358. The summed E-state index contributed by atoms with van der Waals surface area (Å²) in [4.78, 5) is 22.7. The van der Waals surface area contributed by atoms with E-state index in [0.29, 0.717) is 0 Å². The van der Waals surface area contributed by atoms with Gasteiger partial charge in [0.2, 0.25) is 0 Å². The number of esters is 1. The summed E-state index contributed by atoms with van der Waals surface area (Å²) < 4.78 is 4.69. The van der Waals surface area contributed by atoms with Crippen LogP contribution in [-0.4, -0.2) is 21.9 Å². The van der Waals surface area contributed by atoms with Crippen molar-refractivity contribution >= 4 is 46.0 Å². The van der Waals surface area contributed by atoms with E-state index in [1.807, 2.05) is 20.8 Å². The Morgan fingerprint density at radius 1 is 1.44 bits per heavy atom. The molecule has 1 aliphatic heterocycles. The zero-order valence-corrected chi connectivity index (χ0v) is 11.5. The highest BCUT2D eigenvalue weighted by Gasteiger charge is 2.34. The zero-order chi connectivity index (χ0) is 12.5. The third-order valence-corrected chi connectivity index (χ3v) is 3.59. The summed E-state index contributed by atoms with van der Waals surface area (Å²) in [5.74, 6) is -0.662. The van der Waals surface area contributed by atoms with Crippen molar-refractivity contribution in [3.8, 4) is 0 Å². The van der Waals surface area contributed by atoms with Gasteiger partial charge in [-0.15, -0.1) is 0 Å². The zero-order valence-electron chi connectivity index (χ0n) is 9.17. The molecule has 1 aliphatic rings. The number of rotatable bonds is 2. The summed E-state index contributed by atoms with van der Waals surface area (Å²) in [6.45, 7) is 5.79. The molecule has 1 atom stereocenters. The number of carbonyl (C=O) groups is 2. The first-order chi connectivity index (χ1) is 7.20. The van der Waals surface area contributed by atoms with Crippen LogP contribution in [-0.2, 0) is 14.3 Å². The molecule has 0 spiro atoms. The molecule has 0 radical (unpaired) electrons. The predicted molar refractivity (Wildman–Crippen MR) is 65.6 cm³/mol. The minimum Gasteiger partial charge on any atom is -0.452 e. The number of hydrogen-bond acceptors (Lipinski definition) is 4. The van der Waals surface area contributed by atoms with E-state index in [-0.39, 0.29) is 26.3 Å². The van der Waals surface area contributed by atoms with Crippen molar-refractivity contribution in [3.63, 3.8) is 0 Å². The molecule has 0 saturated carbocycles. The quantitative estimate of drug-likeness (QED) is 0.730. The molecule has 0 aromatic rings. The van der Waals surface area contributed by atoms with Crippen LogP contribution >= 0.6 is 35.0 Å². The van der Waals surface area contributed by atoms with Gasteiger partial charge in [-0.25, -0.2) is 4.79 Å². The molecule has 1 heterocycles. The maximum absolute atomic E-state index is 11.6. The lowest BCUT2D eigenvalue weighted by Gasteiger charge is -2.17. The van der Waals surface area contributed by atoms with Gasteiger partial charge in [-0.05, 0) is 0 Å². The summed E-state index contributed by atoms with van der Waals surface area (Å²) in [7, 11) is 0. The summed E-state index contributed by atoms with van der Waals surface area (Å²) in [6, 6.07) is 0. The van der Waals surface area contributed by atoms with Gasteiger partial charge in [0.05, 0.1) is 11.5 Å². The monoisotopic (exact) mass is 282 g/mol. The molecule has 0 amide bonds. The average molecular weight is 283 g/mol. The van der Waals surface area contributed by atoms with Gasteiger partial charge in [0.25, 0.3) is 0 Å². The molecule has 0 bridgehead atoms. The minimum atomic E-state index is -0.719. The number of carbonyl (C=O) groups excluding carboxylic acids is 2. The van der Waals surface area contributed by atoms with Crippen molar-refractivity contribution < 1.29 is 14.3 Å². The Hall–Kier alpha value is -0.190. The molecule has 90 valence electrons. The van der Waals surface area contributed by atoms with Crippen molar-refractivity contribution in [2.75, 3.05) is 0 Å². The summed E-state index contributed by atoms with van der Waals surface area (Å²) in [6.07, 6.45) is -0.660. The molecule has 0 unspecified atom stereocenters. The third-order valence-electron chi connectivity index (χ3n) is 1.69. The number of hydrogen-bond donors (Lipinski definition) is 0. The highest BCUT2D eigenvalue weighted by Crippen LogP contribution is 2.33. The molecule has 6 heteroatoms. The Morgan fingerprint density at radius 3 is 2.38 bits per heavy atom. The van der Waals surface area contributed by atoms with Gasteiger partial charge in [-0.1, -0.05) is 55.7 Å². The van der Waals surface area contributed by atoms with Crippen LogP contribution in [0.15, 0.2) is 10.1 Å². The number of halogens is 2. The summed E-state index contributed by atoms with van der Waals surface area (Å²) >= 11 is 12.6. The van der Waals surface area contributed by atoms with Crippen LogP contribution in [0.3, 0.4) is 0 Å². The molecular formula is C10H12Cl2O3S. The second-order valence-electron chi connectivity index (χ2n) is 4.35. The van der Waals surface area contributed by atoms with Crippen LogP contribution in [0.4, 0.5) is 0 Å². The number of ether oxygens (including phenoxy) is 1. The molecular weight excluding hydrogens is 271 g/mol. The van der Waals surface area contributed by atoms with Crippen molar-refractivity contribution in [2.45, 2.75) is 38.0 Å². The Morgan fingerprint density at radius 2 is 2.00 bits per heavy atom. The van der Waals surface area contributed by atoms with E-state index < -0.39 is 12.1 Å². The fourth-order valence-corrected chi connectivity index (χ4v) is 2.42. The summed E-state index contributed by atoms with van der Waals surface area (Å²) in [5.41, 5.74) is 0. The van der Waals surface area contributed by atoms with Gasteiger partial charge in [0.1, 0.15) is 11.1 Å². The van der Waals surface area contributed by atoms with Gasteiger partial charge < -0.3 is 4.74 Å². The minimum absolute atomic E-state index is 0.0583. The lowest BCUT2D eigenvalue weighted by Crippen LogP contribution is -2.18. The van der Waals surface area contributed by atoms with E-state index in [0.717, 1.165) is 0 Å². The lowest BCUT2D eigenvalue weighted by molar-refractivity contribution is -0.139. The van der Waals surface area contributed by atoms with E-state index in [1.165, 1.54) is 11.8 Å². The molecule has 0 aromatic heterocycles. The largest absolute Gasteiger partial charge is 0.452 e. The first kappa shape index (κ1) is 13.9. The second kappa shape index (κ2) is 4.98. The van der Waals surface area contributed by atoms with Gasteiger partial charge >= 0.3 is 5.97 Å². The van der Waals surface area contributed by atoms with Crippen molar-refractivity contribution in [2.24, 2.45) is 0 Å². The van der Waals surface area contributed by atoms with Gasteiger partial charge in [0.15, 0.2) is 5.12 Å². The first-order valence-electron chi connectivity index (χ1n) is 4.68. The van der Waals surface area contributed by atoms with Crippen LogP contribution in [0.2, 0.25) is 0 Å². The molecule has 0 N–H and O–H groups in total. The predicted octanol–water partition coefficient (Wildman–Crippen LogP) is 3.05. The molecule has 0 saturated heterocycles. The van der Waals surface area contributed by atoms with E-state index in [9.17, 15) is 9.59 Å². The molecule has 16 heavy (non-hydrogen) atoms. The maximum atomic E-state index is 11.6. The smallest absolute Gasteiger partial charge is 0.351 e. The Kier molecular flexibility index (Phi) is 4.32. The maximum Gasteiger partial charge on any atom is 0.351 e. The normalized spacial score (nSPS) is 21.3. The number of thioether (sulfide) groups is 1. The van der Waals surface area contributed by atoms with Gasteiger partial charge in [-0.3, -0.25) is 4.79 Å². The topological polar surface area (TPSA) is 43.4 Å². The average Bonchev–Trinajstić information content (AvgIpc) is 2.30. The van der Waals surface area contributed by atoms with Crippen LogP contribution in [0, 0.1) is 0 Å². The summed E-state index contributed by atoms with van der Waals surface area (Å²) in [5, 5.41) is -0.0791. The van der Waals surface area contributed by atoms with Crippen molar-refractivity contribution in [3.05, 3.63) is 10.1 Å².